The molecule has 0 spiro atoms. The smallest absolute Gasteiger partial charge is 0.342 e. The number of aromatic nitrogens is 8. The molecule has 0 amide bonds. The van der Waals surface area contributed by atoms with E-state index >= 15 is 0 Å². The molecule has 0 aromatic carbocycles. The number of methoxy groups -OCH3 is 5. The molecule has 0 unspecified atom stereocenters. The number of pyridine rings is 8. The number of carbonyl (C=O) groups excluding carboxylic acids is 2. The molecule has 0 radical (unpaired) electrons. The normalized spacial score (nSPS) is 9.72. The fourth-order valence-corrected chi connectivity index (χ4v) is 5.00. The van der Waals surface area contributed by atoms with E-state index in [2.05, 4.69) is 60.0 Å². The van der Waals surface area contributed by atoms with Crippen molar-refractivity contribution in [2.24, 2.45) is 0 Å². The molecule has 8 aromatic heterocycles. The lowest BCUT2D eigenvalue weighted by atomic mass is 10.2. The van der Waals surface area contributed by atoms with Gasteiger partial charge in [0.25, 0.3) is 0 Å². The Labute approximate surface area is 436 Å². The molecule has 6 N–H and O–H groups in total. The first-order chi connectivity index (χ1) is 37.2. The first-order valence-electron chi connectivity index (χ1n) is 21.3. The number of aliphatic hydroxyl groups excluding tert-OH is 1. The molecule has 8 heterocycles. The molecule has 29 heteroatoms. The van der Waals surface area contributed by atoms with Crippen molar-refractivity contribution >= 4 is 46.6 Å². The van der Waals surface area contributed by atoms with Crippen LogP contribution in [0.5, 0.6) is 17.6 Å². The van der Waals surface area contributed by atoms with Crippen molar-refractivity contribution in [3.63, 3.8) is 0 Å². The number of aromatic carboxylic acids is 1. The van der Waals surface area contributed by atoms with E-state index in [0.717, 1.165) is 43.5 Å². The molecule has 0 aliphatic rings. The maximum absolute atomic E-state index is 13.6. The molecule has 0 bridgehead atoms. The number of nitrogen functional groups attached to an aromatic ring is 1. The number of ether oxygens (including phenoxy) is 5. The van der Waals surface area contributed by atoms with Gasteiger partial charge in [-0.25, -0.2) is 39.3 Å². The molecule has 8 rings (SSSR count). The van der Waals surface area contributed by atoms with Crippen LogP contribution in [-0.2, 0) is 16.1 Å². The number of hydrogen-bond donors (Lipinski definition) is 5. The summed E-state index contributed by atoms with van der Waals surface area (Å²) >= 11 is 0. The average molecular weight is 1100 g/mol. The lowest BCUT2D eigenvalue weighted by Crippen LogP contribution is -2.07. The van der Waals surface area contributed by atoms with Crippen molar-refractivity contribution in [3.05, 3.63) is 192 Å². The second-order valence-corrected chi connectivity index (χ2v) is 13.9. The van der Waals surface area contributed by atoms with Crippen molar-refractivity contribution in [2.75, 3.05) is 51.9 Å². The summed E-state index contributed by atoms with van der Waals surface area (Å²) in [7, 11) is 6.89. The SMILES string of the molecule is COC(=O)c1ccc(F)nc1F.COC(=O)c1ccc(Nc2ccc(OC)nc2)nc1F.COc1ccc(N)cn1.COc1ccc(Nc2ccc(CO)c(F)n2)cn1.Fc1cccc(F)n1.O=C(O)c1ccc(F)nc1F. The van der Waals surface area contributed by atoms with Crippen LogP contribution in [0, 0.1) is 47.6 Å². The molecule has 0 atom stereocenters. The Morgan fingerprint density at radius 3 is 1.21 bits per heavy atom. The van der Waals surface area contributed by atoms with E-state index in [1.54, 1.807) is 62.0 Å². The largest absolute Gasteiger partial charge is 0.481 e. The van der Waals surface area contributed by atoms with Gasteiger partial charge in [-0.1, -0.05) is 6.07 Å². The summed E-state index contributed by atoms with van der Waals surface area (Å²) in [5.41, 5.74) is 6.23. The number of halogens is 8. The van der Waals surface area contributed by atoms with Gasteiger partial charge in [0.05, 0.1) is 77.8 Å². The second kappa shape index (κ2) is 32.2. The zero-order valence-corrected chi connectivity index (χ0v) is 41.1. The summed E-state index contributed by atoms with van der Waals surface area (Å²) in [5.74, 6) is -8.61. The fraction of sp³-hybridized carbons (Fsp3) is 0.122. The van der Waals surface area contributed by atoms with Gasteiger partial charge in [-0.05, 0) is 78.9 Å². The first kappa shape index (κ1) is 62.1. The quantitative estimate of drug-likeness (QED) is 0.0462. The summed E-state index contributed by atoms with van der Waals surface area (Å²) in [4.78, 5) is 59.6. The van der Waals surface area contributed by atoms with Gasteiger partial charge in [0.1, 0.15) is 28.3 Å². The van der Waals surface area contributed by atoms with Crippen LogP contribution in [0.2, 0.25) is 0 Å². The number of hydrogen-bond acceptors (Lipinski definition) is 20. The molecule has 21 nitrogen and oxygen atoms in total. The summed E-state index contributed by atoms with van der Waals surface area (Å²) < 4.78 is 123. The van der Waals surface area contributed by atoms with E-state index < -0.39 is 71.1 Å². The molecule has 0 saturated carbocycles. The Hall–Kier alpha value is -10.2. The number of carbonyl (C=O) groups is 3. The Kier molecular flexibility index (Phi) is 25.6. The van der Waals surface area contributed by atoms with Gasteiger partial charge in [-0.3, -0.25) is 0 Å². The Bertz CT molecular complexity index is 3180. The minimum absolute atomic E-state index is 0.161. The van der Waals surface area contributed by atoms with E-state index in [1.165, 1.54) is 51.8 Å². The molecule has 0 fully saturated rings. The number of aliphatic hydroxyl groups is 1. The topological polar surface area (TPSA) is 291 Å². The van der Waals surface area contributed by atoms with Crippen molar-refractivity contribution in [2.45, 2.75) is 6.61 Å². The van der Waals surface area contributed by atoms with E-state index in [1.807, 2.05) is 0 Å². The zero-order valence-electron chi connectivity index (χ0n) is 41.1. The van der Waals surface area contributed by atoms with E-state index in [0.29, 0.717) is 40.5 Å². The Morgan fingerprint density at radius 2 is 0.872 bits per heavy atom. The number of nitrogens with one attached hydrogen (secondary N) is 2. The van der Waals surface area contributed by atoms with Gasteiger partial charge in [0.2, 0.25) is 65.2 Å². The van der Waals surface area contributed by atoms with Crippen LogP contribution in [0.1, 0.15) is 36.6 Å². The summed E-state index contributed by atoms with van der Waals surface area (Å²) in [6, 6.07) is 23.0. The van der Waals surface area contributed by atoms with Crippen molar-refractivity contribution in [1.29, 1.82) is 0 Å². The number of anilines is 5. The highest BCUT2D eigenvalue weighted by atomic mass is 19.2. The maximum atomic E-state index is 13.6. The third-order valence-corrected chi connectivity index (χ3v) is 8.70. The standard InChI is InChI=1S/C13H12FN3O3.C12H12FN3O2.C7H5F2NO2.C6H3F2NO2.C6H8N2O.C5H3F2N/c1-19-11-6-3-8(7-15-11)16-10-5-4-9(12(14)17-10)13(18)20-2;1-18-11-5-3-9(6-14-11)15-10-4-2-8(7-17)12(13)16-10;1-12-7(11)4-2-3-5(8)10-6(4)9;7-4-2-1-3(6(10)11)5(8)9-4;1-9-6-3-2-5(7)4-8-6;6-4-2-1-3-5(7)8-4/h3-7H,1-2H3,(H,16,17);2-6,17H,7H2,1H3,(H,15,16);2-3H,1H3;1-2H,(H,10,11);2-4H,7H2,1H3;1-3H. The van der Waals surface area contributed by atoms with Crippen LogP contribution in [0.15, 0.2) is 122 Å². The minimum Gasteiger partial charge on any atom is -0.481 e. The minimum atomic E-state index is -1.46. The van der Waals surface area contributed by atoms with Crippen molar-refractivity contribution < 1.29 is 83.4 Å². The van der Waals surface area contributed by atoms with Crippen LogP contribution in [0.4, 0.5) is 63.8 Å². The molecule has 78 heavy (non-hydrogen) atoms. The van der Waals surface area contributed by atoms with Crippen LogP contribution >= 0.6 is 0 Å². The number of rotatable bonds is 11. The highest BCUT2D eigenvalue weighted by molar-refractivity contribution is 5.90. The van der Waals surface area contributed by atoms with Crippen molar-refractivity contribution in [3.8, 4) is 17.6 Å². The summed E-state index contributed by atoms with van der Waals surface area (Å²) in [5, 5.41) is 22.8. The third kappa shape index (κ3) is 21.3. The van der Waals surface area contributed by atoms with Crippen molar-refractivity contribution in [1.82, 2.24) is 39.9 Å². The summed E-state index contributed by atoms with van der Waals surface area (Å²) in [6.07, 6.45) is 4.63. The van der Waals surface area contributed by atoms with Gasteiger partial charge in [-0.15, -0.1) is 0 Å². The zero-order chi connectivity index (χ0) is 57.7. The summed E-state index contributed by atoms with van der Waals surface area (Å²) in [6.45, 7) is -0.372. The van der Waals surface area contributed by atoms with Crippen LogP contribution in [0.25, 0.3) is 0 Å². The average Bonchev–Trinajstić information content (AvgIpc) is 3.42. The lowest BCUT2D eigenvalue weighted by molar-refractivity contribution is 0.0585. The fourth-order valence-electron chi connectivity index (χ4n) is 5.00. The number of esters is 2. The highest BCUT2D eigenvalue weighted by Crippen LogP contribution is 2.20. The third-order valence-electron chi connectivity index (χ3n) is 8.70. The molecule has 8 aromatic rings. The second-order valence-electron chi connectivity index (χ2n) is 13.9. The Balaban J connectivity index is 0.000000254. The van der Waals surface area contributed by atoms with Gasteiger partial charge in [-0.2, -0.15) is 50.1 Å². The molecule has 0 saturated heterocycles. The number of nitrogens with zero attached hydrogens (tertiary/aromatic N) is 8. The Morgan fingerprint density at radius 1 is 0.474 bits per heavy atom. The van der Waals surface area contributed by atoms with Gasteiger partial charge >= 0.3 is 17.9 Å². The number of nitrogens with two attached hydrogens (primary N) is 1. The van der Waals surface area contributed by atoms with Crippen LogP contribution in [-0.4, -0.2) is 104 Å². The predicted molar refractivity (Wildman–Crippen MR) is 260 cm³/mol. The molecular weight excluding hydrogens is 1050 g/mol. The number of carboxylic acid groups (broad SMARTS) is 1. The van der Waals surface area contributed by atoms with Crippen LogP contribution in [0.3, 0.4) is 0 Å². The molecule has 0 aliphatic carbocycles. The number of carboxylic acids is 1. The molecular formula is C49H43F8N11O10. The monoisotopic (exact) mass is 1100 g/mol. The van der Waals surface area contributed by atoms with E-state index in [9.17, 15) is 49.5 Å². The van der Waals surface area contributed by atoms with E-state index in [-0.39, 0.29) is 29.1 Å². The van der Waals surface area contributed by atoms with Crippen LogP contribution < -0.4 is 30.6 Å². The first-order valence-corrected chi connectivity index (χ1v) is 21.3. The molecule has 0 aliphatic heterocycles. The lowest BCUT2D eigenvalue weighted by Gasteiger charge is -2.07. The van der Waals surface area contributed by atoms with Gasteiger partial charge < -0.3 is 50.3 Å². The van der Waals surface area contributed by atoms with Gasteiger partial charge in [0.15, 0.2) is 0 Å². The van der Waals surface area contributed by atoms with Gasteiger partial charge in [0, 0.05) is 23.8 Å². The predicted octanol–water partition coefficient (Wildman–Crippen LogP) is 8.25. The van der Waals surface area contributed by atoms with E-state index in [4.69, 9.17) is 30.2 Å². The maximum Gasteiger partial charge on any atom is 0.342 e. The molecule has 410 valence electrons. The highest BCUT2D eigenvalue weighted by Gasteiger charge is 2.15.